The molecule has 0 aliphatic rings. The van der Waals surface area contributed by atoms with Crippen molar-refractivity contribution < 1.29 is 5.11 Å². The number of hydrogen-bond donors (Lipinski definition) is 1. The lowest BCUT2D eigenvalue weighted by atomic mass is 10.3. The third kappa shape index (κ3) is 0.969. The molecule has 0 aliphatic carbocycles. The van der Waals surface area contributed by atoms with Gasteiger partial charge in [0.15, 0.2) is 5.65 Å². The molecular formula is C7H7N3O. The van der Waals surface area contributed by atoms with Gasteiger partial charge >= 0.3 is 0 Å². The second-order valence-corrected chi connectivity index (χ2v) is 2.26. The molecule has 2 heterocycles. The van der Waals surface area contributed by atoms with Crippen LogP contribution >= 0.6 is 0 Å². The average Bonchev–Trinajstić information content (AvgIpc) is 2.50. The molecule has 0 unspecified atom stereocenters. The van der Waals surface area contributed by atoms with Crippen molar-refractivity contribution in [3.8, 4) is 0 Å². The maximum Gasteiger partial charge on any atom is 0.155 e. The van der Waals surface area contributed by atoms with Crippen LogP contribution in [0.3, 0.4) is 0 Å². The van der Waals surface area contributed by atoms with Gasteiger partial charge in [0.2, 0.25) is 0 Å². The third-order valence-electron chi connectivity index (χ3n) is 1.52. The van der Waals surface area contributed by atoms with Crippen molar-refractivity contribution in [3.05, 3.63) is 30.2 Å². The molecule has 0 bridgehead atoms. The van der Waals surface area contributed by atoms with Crippen LogP contribution in [0.1, 0.15) is 5.56 Å². The first kappa shape index (κ1) is 6.30. The molecule has 4 nitrogen and oxygen atoms in total. The van der Waals surface area contributed by atoms with E-state index in [1.54, 1.807) is 10.7 Å². The molecule has 1 N–H and O–H groups in total. The summed E-state index contributed by atoms with van der Waals surface area (Å²) in [6.45, 7) is 0.0375. The minimum Gasteiger partial charge on any atom is -0.392 e. The number of aliphatic hydroxyl groups is 1. The molecule has 0 aliphatic heterocycles. The Kier molecular flexibility index (Phi) is 1.33. The van der Waals surface area contributed by atoms with Crippen LogP contribution in [0.15, 0.2) is 24.7 Å². The lowest BCUT2D eigenvalue weighted by Crippen LogP contribution is -1.90. The third-order valence-corrected chi connectivity index (χ3v) is 1.52. The molecule has 0 saturated heterocycles. The molecule has 0 spiro atoms. The average molecular weight is 149 g/mol. The van der Waals surface area contributed by atoms with E-state index in [1.807, 2.05) is 12.1 Å². The van der Waals surface area contributed by atoms with Crippen molar-refractivity contribution >= 4 is 5.65 Å². The highest BCUT2D eigenvalue weighted by atomic mass is 16.3. The number of nitrogens with zero attached hydrogens (tertiary/aromatic N) is 3. The molecule has 0 amide bonds. The molecule has 2 aromatic rings. The second kappa shape index (κ2) is 2.32. The summed E-state index contributed by atoms with van der Waals surface area (Å²) in [6.07, 6.45) is 3.23. The number of fused-ring (bicyclic) bond motifs is 1. The number of pyridine rings is 1. The molecule has 0 radical (unpaired) electrons. The second-order valence-electron chi connectivity index (χ2n) is 2.26. The van der Waals surface area contributed by atoms with E-state index >= 15 is 0 Å². The SMILES string of the molecule is OCc1ccc2ncnn2c1. The first-order valence-electron chi connectivity index (χ1n) is 3.29. The molecule has 56 valence electrons. The van der Waals surface area contributed by atoms with Crippen molar-refractivity contribution in [2.24, 2.45) is 0 Å². The van der Waals surface area contributed by atoms with E-state index in [2.05, 4.69) is 10.1 Å². The lowest BCUT2D eigenvalue weighted by Gasteiger charge is -1.94. The molecule has 2 rings (SSSR count). The zero-order valence-electron chi connectivity index (χ0n) is 5.81. The highest BCUT2D eigenvalue weighted by molar-refractivity contribution is 5.37. The minimum atomic E-state index is 0.0375. The monoisotopic (exact) mass is 149 g/mol. The van der Waals surface area contributed by atoms with Crippen LogP contribution in [0.5, 0.6) is 0 Å². The smallest absolute Gasteiger partial charge is 0.155 e. The van der Waals surface area contributed by atoms with Gasteiger partial charge in [-0.3, -0.25) is 0 Å². The van der Waals surface area contributed by atoms with Crippen molar-refractivity contribution in [1.29, 1.82) is 0 Å². The molecule has 0 saturated carbocycles. The number of hydrogen-bond acceptors (Lipinski definition) is 3. The fraction of sp³-hybridized carbons (Fsp3) is 0.143. The van der Waals surface area contributed by atoms with Crippen LogP contribution in [0, 0.1) is 0 Å². The zero-order valence-corrected chi connectivity index (χ0v) is 5.81. The van der Waals surface area contributed by atoms with Crippen LogP contribution in [-0.2, 0) is 6.61 Å². The van der Waals surface area contributed by atoms with Crippen molar-refractivity contribution in [2.45, 2.75) is 6.61 Å². The Morgan fingerprint density at radius 1 is 1.45 bits per heavy atom. The van der Waals surface area contributed by atoms with Crippen molar-refractivity contribution in [3.63, 3.8) is 0 Å². The molecule has 0 aromatic carbocycles. The zero-order chi connectivity index (χ0) is 7.68. The largest absolute Gasteiger partial charge is 0.392 e. The first-order valence-corrected chi connectivity index (χ1v) is 3.29. The van der Waals surface area contributed by atoms with Gasteiger partial charge in [0.05, 0.1) is 6.61 Å². The Bertz CT molecular complexity index is 368. The molecule has 11 heavy (non-hydrogen) atoms. The van der Waals surface area contributed by atoms with E-state index in [0.29, 0.717) is 0 Å². The maximum absolute atomic E-state index is 8.77. The van der Waals surface area contributed by atoms with Gasteiger partial charge in [0, 0.05) is 6.20 Å². The quantitative estimate of drug-likeness (QED) is 0.631. The van der Waals surface area contributed by atoms with Gasteiger partial charge in [0.25, 0.3) is 0 Å². The highest BCUT2D eigenvalue weighted by Crippen LogP contribution is 2.01. The fourth-order valence-electron chi connectivity index (χ4n) is 0.953. The summed E-state index contributed by atoms with van der Waals surface area (Å²) in [5.74, 6) is 0. The van der Waals surface area contributed by atoms with E-state index < -0.39 is 0 Å². The van der Waals surface area contributed by atoms with E-state index in [0.717, 1.165) is 11.2 Å². The van der Waals surface area contributed by atoms with Gasteiger partial charge in [-0.2, -0.15) is 5.10 Å². The minimum absolute atomic E-state index is 0.0375. The molecule has 0 fully saturated rings. The summed E-state index contributed by atoms with van der Waals surface area (Å²) >= 11 is 0. The Hall–Kier alpha value is -1.42. The standard InChI is InChI=1S/C7H7N3O/c11-4-6-1-2-7-8-5-9-10(7)3-6/h1-3,5,11H,4H2. The van der Waals surface area contributed by atoms with Crippen molar-refractivity contribution in [1.82, 2.24) is 14.6 Å². The van der Waals surface area contributed by atoms with Crippen molar-refractivity contribution in [2.75, 3.05) is 0 Å². The number of aliphatic hydroxyl groups excluding tert-OH is 1. The number of aromatic nitrogens is 3. The Labute approximate surface area is 63.1 Å². The van der Waals surface area contributed by atoms with Gasteiger partial charge in [-0.1, -0.05) is 6.07 Å². The molecule has 4 heteroatoms. The molecule has 2 aromatic heterocycles. The van der Waals surface area contributed by atoms with E-state index in [4.69, 9.17) is 5.11 Å². The van der Waals surface area contributed by atoms with Crippen LogP contribution in [0.25, 0.3) is 5.65 Å². The molecule has 0 atom stereocenters. The van der Waals surface area contributed by atoms with Gasteiger partial charge in [-0.15, -0.1) is 0 Å². The maximum atomic E-state index is 8.77. The van der Waals surface area contributed by atoms with Gasteiger partial charge < -0.3 is 5.11 Å². The van der Waals surface area contributed by atoms with E-state index in [9.17, 15) is 0 Å². The highest BCUT2D eigenvalue weighted by Gasteiger charge is 1.94. The van der Waals surface area contributed by atoms with Gasteiger partial charge in [-0.25, -0.2) is 9.50 Å². The van der Waals surface area contributed by atoms with Crippen LogP contribution in [0.4, 0.5) is 0 Å². The summed E-state index contributed by atoms with van der Waals surface area (Å²) in [5, 5.41) is 12.7. The summed E-state index contributed by atoms with van der Waals surface area (Å²) in [5.41, 5.74) is 1.63. The van der Waals surface area contributed by atoms with E-state index in [1.165, 1.54) is 6.33 Å². The van der Waals surface area contributed by atoms with E-state index in [-0.39, 0.29) is 6.61 Å². The van der Waals surface area contributed by atoms with Crippen LogP contribution < -0.4 is 0 Å². The normalized spacial score (nSPS) is 10.6. The van der Waals surface area contributed by atoms with Crippen LogP contribution in [-0.4, -0.2) is 19.7 Å². The summed E-state index contributed by atoms with van der Waals surface area (Å²) in [6, 6.07) is 3.64. The fourth-order valence-corrected chi connectivity index (χ4v) is 0.953. The predicted octanol–water partition coefficient (Wildman–Crippen LogP) is 0.222. The first-order chi connectivity index (χ1) is 5.40. The lowest BCUT2D eigenvalue weighted by molar-refractivity contribution is 0.281. The van der Waals surface area contributed by atoms with Gasteiger partial charge in [-0.05, 0) is 11.6 Å². The Morgan fingerprint density at radius 3 is 3.18 bits per heavy atom. The number of rotatable bonds is 1. The summed E-state index contributed by atoms with van der Waals surface area (Å²) < 4.78 is 1.63. The topological polar surface area (TPSA) is 50.4 Å². The van der Waals surface area contributed by atoms with Crippen LogP contribution in [0.2, 0.25) is 0 Å². The Morgan fingerprint density at radius 2 is 2.36 bits per heavy atom. The predicted molar refractivity (Wildman–Crippen MR) is 38.9 cm³/mol. The van der Waals surface area contributed by atoms with Gasteiger partial charge in [0.1, 0.15) is 6.33 Å². The molecular weight excluding hydrogens is 142 g/mol. The summed E-state index contributed by atoms with van der Waals surface area (Å²) in [7, 11) is 0. The Balaban J connectivity index is 2.67. The summed E-state index contributed by atoms with van der Waals surface area (Å²) in [4.78, 5) is 3.96.